The number of carbonyl (C=O) groups excluding carboxylic acids is 2. The first-order valence-electron chi connectivity index (χ1n) is 12.7. The summed E-state index contributed by atoms with van der Waals surface area (Å²) in [4.78, 5) is 32.9. The Morgan fingerprint density at radius 3 is 2.15 bits per heavy atom. The molecule has 0 bridgehead atoms. The minimum atomic E-state index is -0.334. The molecular weight excluding hydrogens is 516 g/mol. The number of ether oxygens (including phenoxy) is 2. The first-order valence-corrected chi connectivity index (χ1v) is 13.0. The summed E-state index contributed by atoms with van der Waals surface area (Å²) >= 11 is 6.00. The minimum absolute atomic E-state index is 0.0920. The zero-order valence-electron chi connectivity index (χ0n) is 21.8. The van der Waals surface area contributed by atoms with Crippen molar-refractivity contribution in [3.8, 4) is 28.4 Å². The molecule has 1 saturated carbocycles. The molecule has 9 heteroatoms. The van der Waals surface area contributed by atoms with Crippen molar-refractivity contribution < 1.29 is 19.1 Å². The summed E-state index contributed by atoms with van der Waals surface area (Å²) in [7, 11) is 3.23. The van der Waals surface area contributed by atoms with E-state index in [0.717, 1.165) is 35.6 Å². The highest BCUT2D eigenvalue weighted by Crippen LogP contribution is 2.31. The predicted molar refractivity (Wildman–Crippen MR) is 151 cm³/mol. The molecule has 8 nitrogen and oxygen atoms in total. The number of methoxy groups -OCH3 is 2. The molecule has 1 aromatic heterocycles. The fraction of sp³-hybridized carbons (Fsp3) is 0.233. The lowest BCUT2D eigenvalue weighted by Gasteiger charge is -2.22. The first kappa shape index (κ1) is 26.3. The third-order valence-corrected chi connectivity index (χ3v) is 6.83. The van der Waals surface area contributed by atoms with Gasteiger partial charge in [-0.15, -0.1) is 0 Å². The van der Waals surface area contributed by atoms with Gasteiger partial charge in [0.05, 0.1) is 19.9 Å². The fourth-order valence-corrected chi connectivity index (χ4v) is 4.38. The Balaban J connectivity index is 1.41. The van der Waals surface area contributed by atoms with Crippen molar-refractivity contribution in [2.24, 2.45) is 5.92 Å². The molecular formula is C30H29ClN4O4. The van der Waals surface area contributed by atoms with Crippen LogP contribution in [0.4, 0.5) is 5.95 Å². The predicted octanol–water partition coefficient (Wildman–Crippen LogP) is 5.70. The maximum atomic E-state index is 13.3. The summed E-state index contributed by atoms with van der Waals surface area (Å²) in [6.45, 7) is 0.435. The van der Waals surface area contributed by atoms with Gasteiger partial charge in [0.1, 0.15) is 18.0 Å². The lowest BCUT2D eigenvalue weighted by atomic mass is 10.1. The maximum absolute atomic E-state index is 13.3. The van der Waals surface area contributed by atoms with Gasteiger partial charge < -0.3 is 14.4 Å². The molecule has 3 aromatic carbocycles. The lowest BCUT2D eigenvalue weighted by molar-refractivity contribution is -0.117. The van der Waals surface area contributed by atoms with Crippen molar-refractivity contribution >= 4 is 29.4 Å². The summed E-state index contributed by atoms with van der Waals surface area (Å²) in [6, 6.07) is 21.7. The lowest BCUT2D eigenvalue weighted by Crippen LogP contribution is -2.39. The van der Waals surface area contributed by atoms with Gasteiger partial charge in [-0.2, -0.15) is 0 Å². The standard InChI is InChI=1S/C30H29ClN4O4/c1-38-25-13-7-21(8-14-25)27-18-35(24-11-15-26(39-2)16-12-24)30(32-27)33-28(36)19-34(17-20-3-4-20)29(37)22-5-9-23(31)10-6-22/h5-16,18,20H,3-4,17,19H2,1-2H3,(H,32,33,36). The number of aromatic nitrogens is 2. The average Bonchev–Trinajstić information content (AvgIpc) is 3.69. The number of amides is 2. The van der Waals surface area contributed by atoms with Crippen molar-refractivity contribution in [3.05, 3.63) is 89.6 Å². The molecule has 1 heterocycles. The first-order chi connectivity index (χ1) is 18.9. The van der Waals surface area contributed by atoms with Crippen LogP contribution in [-0.2, 0) is 4.79 Å². The molecule has 0 saturated heterocycles. The third kappa shape index (κ3) is 6.41. The Kier molecular flexibility index (Phi) is 7.84. The van der Waals surface area contributed by atoms with Crippen LogP contribution in [0.3, 0.4) is 0 Å². The van der Waals surface area contributed by atoms with Gasteiger partial charge in [-0.25, -0.2) is 4.98 Å². The molecule has 5 rings (SSSR count). The molecule has 1 aliphatic carbocycles. The number of imidazole rings is 1. The van der Waals surface area contributed by atoms with Gasteiger partial charge >= 0.3 is 0 Å². The van der Waals surface area contributed by atoms with Crippen LogP contribution in [0.2, 0.25) is 5.02 Å². The number of nitrogens with zero attached hydrogens (tertiary/aromatic N) is 3. The second kappa shape index (κ2) is 11.6. The van der Waals surface area contributed by atoms with Crippen molar-refractivity contribution in [2.45, 2.75) is 12.8 Å². The number of rotatable bonds is 10. The molecule has 39 heavy (non-hydrogen) atoms. The van der Waals surface area contributed by atoms with E-state index in [0.29, 0.717) is 34.7 Å². The molecule has 0 atom stereocenters. The van der Waals surface area contributed by atoms with Crippen LogP contribution >= 0.6 is 11.6 Å². The summed E-state index contributed by atoms with van der Waals surface area (Å²) in [6.07, 6.45) is 3.97. The van der Waals surface area contributed by atoms with Gasteiger partial charge in [0, 0.05) is 34.6 Å². The highest BCUT2D eigenvalue weighted by molar-refractivity contribution is 6.30. The van der Waals surface area contributed by atoms with Crippen LogP contribution in [-0.4, -0.2) is 53.6 Å². The Morgan fingerprint density at radius 2 is 1.56 bits per heavy atom. The van der Waals surface area contributed by atoms with E-state index in [1.807, 2.05) is 59.3 Å². The number of hydrogen-bond acceptors (Lipinski definition) is 5. The largest absolute Gasteiger partial charge is 0.497 e. The van der Waals surface area contributed by atoms with E-state index in [1.165, 1.54) is 0 Å². The van der Waals surface area contributed by atoms with E-state index in [-0.39, 0.29) is 18.4 Å². The summed E-state index contributed by atoms with van der Waals surface area (Å²) in [5, 5.41) is 3.48. The molecule has 1 fully saturated rings. The van der Waals surface area contributed by atoms with Crippen molar-refractivity contribution in [3.63, 3.8) is 0 Å². The SMILES string of the molecule is COc1ccc(-c2cn(-c3ccc(OC)cc3)c(NC(=O)CN(CC3CC3)C(=O)c3ccc(Cl)cc3)n2)cc1. The summed E-state index contributed by atoms with van der Waals surface area (Å²) in [5.41, 5.74) is 2.84. The normalized spacial score (nSPS) is 12.6. The second-order valence-corrected chi connectivity index (χ2v) is 9.87. The van der Waals surface area contributed by atoms with Gasteiger partial charge in [0.25, 0.3) is 5.91 Å². The topological polar surface area (TPSA) is 85.7 Å². The fourth-order valence-electron chi connectivity index (χ4n) is 4.25. The summed E-state index contributed by atoms with van der Waals surface area (Å²) < 4.78 is 12.4. The maximum Gasteiger partial charge on any atom is 0.254 e. The zero-order valence-corrected chi connectivity index (χ0v) is 22.5. The Hall–Kier alpha value is -4.30. The Labute approximate surface area is 232 Å². The number of anilines is 1. The van der Waals surface area contributed by atoms with Gasteiger partial charge in [0.2, 0.25) is 11.9 Å². The van der Waals surface area contributed by atoms with E-state index in [4.69, 9.17) is 26.1 Å². The molecule has 1 N–H and O–H groups in total. The second-order valence-electron chi connectivity index (χ2n) is 9.43. The molecule has 0 spiro atoms. The van der Waals surface area contributed by atoms with E-state index in [2.05, 4.69) is 5.32 Å². The molecule has 200 valence electrons. The van der Waals surface area contributed by atoms with E-state index < -0.39 is 0 Å². The van der Waals surface area contributed by atoms with E-state index in [9.17, 15) is 9.59 Å². The van der Waals surface area contributed by atoms with Crippen LogP contribution in [0.1, 0.15) is 23.2 Å². The minimum Gasteiger partial charge on any atom is -0.497 e. The highest BCUT2D eigenvalue weighted by Gasteiger charge is 2.29. The Morgan fingerprint density at radius 1 is 0.949 bits per heavy atom. The van der Waals surface area contributed by atoms with Crippen LogP contribution in [0.25, 0.3) is 16.9 Å². The zero-order chi connectivity index (χ0) is 27.4. The molecule has 4 aromatic rings. The van der Waals surface area contributed by atoms with Gasteiger partial charge in [-0.3, -0.25) is 19.5 Å². The molecule has 0 aliphatic heterocycles. The van der Waals surface area contributed by atoms with Gasteiger partial charge in [0.15, 0.2) is 0 Å². The van der Waals surface area contributed by atoms with E-state index >= 15 is 0 Å². The number of benzene rings is 3. The molecule has 1 aliphatic rings. The third-order valence-electron chi connectivity index (χ3n) is 6.58. The van der Waals surface area contributed by atoms with Crippen molar-refractivity contribution in [1.82, 2.24) is 14.5 Å². The summed E-state index contributed by atoms with van der Waals surface area (Å²) in [5.74, 6) is 1.68. The molecule has 2 amide bonds. The quantitative estimate of drug-likeness (QED) is 0.277. The molecule has 0 unspecified atom stereocenters. The number of halogens is 1. The Bertz CT molecular complexity index is 1450. The molecule has 0 radical (unpaired) electrons. The van der Waals surface area contributed by atoms with Crippen LogP contribution < -0.4 is 14.8 Å². The number of hydrogen-bond donors (Lipinski definition) is 1. The van der Waals surface area contributed by atoms with Crippen molar-refractivity contribution in [2.75, 3.05) is 32.6 Å². The van der Waals surface area contributed by atoms with Crippen LogP contribution in [0.5, 0.6) is 11.5 Å². The van der Waals surface area contributed by atoms with Gasteiger partial charge in [-0.1, -0.05) is 11.6 Å². The average molecular weight is 545 g/mol. The van der Waals surface area contributed by atoms with Crippen LogP contribution in [0.15, 0.2) is 79.0 Å². The number of carbonyl (C=O) groups is 2. The highest BCUT2D eigenvalue weighted by atomic mass is 35.5. The van der Waals surface area contributed by atoms with Crippen LogP contribution in [0, 0.1) is 5.92 Å². The van der Waals surface area contributed by atoms with Gasteiger partial charge in [-0.05, 0) is 91.6 Å². The smallest absolute Gasteiger partial charge is 0.254 e. The van der Waals surface area contributed by atoms with E-state index in [1.54, 1.807) is 43.4 Å². The monoisotopic (exact) mass is 544 g/mol. The van der Waals surface area contributed by atoms with Crippen molar-refractivity contribution in [1.29, 1.82) is 0 Å². The number of nitrogens with one attached hydrogen (secondary N) is 1.